The molecule has 1 saturated heterocycles. The number of Topliss-reactive ketones (excluding diaryl/α,β-unsaturated/α-hetero) is 1. The molecule has 1 saturated carbocycles. The molecule has 0 radical (unpaired) electrons. The highest BCUT2D eigenvalue weighted by Crippen LogP contribution is 2.40. The topological polar surface area (TPSA) is 49.4 Å². The van der Waals surface area contributed by atoms with E-state index < -0.39 is 11.7 Å². The minimum Gasteiger partial charge on any atom is -0.371 e. The fraction of sp³-hybridized carbons (Fsp3) is 0.467. The van der Waals surface area contributed by atoms with Crippen LogP contribution in [0.2, 0.25) is 0 Å². The molecular formula is C15H16N2O2. The van der Waals surface area contributed by atoms with Crippen LogP contribution in [0.25, 0.3) is 0 Å². The molecule has 4 nitrogen and oxygen atoms in total. The van der Waals surface area contributed by atoms with Gasteiger partial charge in [0, 0.05) is 18.8 Å². The zero-order valence-electron chi connectivity index (χ0n) is 10.7. The highest BCUT2D eigenvalue weighted by Gasteiger charge is 2.36. The lowest BCUT2D eigenvalue weighted by molar-refractivity contribution is -0.112. The largest absolute Gasteiger partial charge is 0.371 e. The summed E-state index contributed by atoms with van der Waals surface area (Å²) < 4.78 is 0. The first kappa shape index (κ1) is 11.0. The molecule has 1 N–H and O–H groups in total. The molecule has 2 unspecified atom stereocenters. The summed E-state index contributed by atoms with van der Waals surface area (Å²) >= 11 is 0. The van der Waals surface area contributed by atoms with E-state index in [1.54, 1.807) is 6.07 Å². The second-order valence-corrected chi connectivity index (χ2v) is 5.87. The van der Waals surface area contributed by atoms with Crippen LogP contribution in [0, 0.1) is 11.8 Å². The molecule has 1 aromatic carbocycles. The van der Waals surface area contributed by atoms with Gasteiger partial charge in [-0.3, -0.25) is 9.59 Å². The highest BCUT2D eigenvalue weighted by molar-refractivity contribution is 6.51. The van der Waals surface area contributed by atoms with E-state index in [2.05, 4.69) is 10.2 Å². The van der Waals surface area contributed by atoms with Crippen LogP contribution in [0.3, 0.4) is 0 Å². The maximum atomic E-state index is 11.6. The maximum Gasteiger partial charge on any atom is 0.296 e. The molecule has 1 amide bonds. The minimum absolute atomic E-state index is 0.417. The summed E-state index contributed by atoms with van der Waals surface area (Å²) in [4.78, 5) is 25.3. The predicted molar refractivity (Wildman–Crippen MR) is 72.4 cm³/mol. The lowest BCUT2D eigenvalue weighted by Gasteiger charge is -2.20. The molecule has 1 aromatic rings. The Kier molecular flexibility index (Phi) is 2.22. The average molecular weight is 256 g/mol. The number of benzene rings is 1. The Labute approximate surface area is 111 Å². The van der Waals surface area contributed by atoms with Crippen LogP contribution in [-0.2, 0) is 4.79 Å². The third-order valence-corrected chi connectivity index (χ3v) is 4.79. The first-order valence-electron chi connectivity index (χ1n) is 6.97. The number of anilines is 2. The quantitative estimate of drug-likeness (QED) is 0.782. The van der Waals surface area contributed by atoms with Crippen LogP contribution < -0.4 is 10.2 Å². The van der Waals surface area contributed by atoms with E-state index in [-0.39, 0.29) is 0 Å². The monoisotopic (exact) mass is 256 g/mol. The van der Waals surface area contributed by atoms with E-state index in [0.717, 1.165) is 30.6 Å². The van der Waals surface area contributed by atoms with Crippen LogP contribution in [0.15, 0.2) is 18.2 Å². The van der Waals surface area contributed by atoms with Crippen molar-refractivity contribution >= 4 is 23.1 Å². The third kappa shape index (κ3) is 1.59. The van der Waals surface area contributed by atoms with Crippen molar-refractivity contribution in [1.82, 2.24) is 0 Å². The van der Waals surface area contributed by atoms with Crippen molar-refractivity contribution in [2.45, 2.75) is 19.3 Å². The van der Waals surface area contributed by atoms with E-state index in [4.69, 9.17) is 0 Å². The maximum absolute atomic E-state index is 11.6. The van der Waals surface area contributed by atoms with Gasteiger partial charge in [-0.1, -0.05) is 6.42 Å². The van der Waals surface area contributed by atoms with Gasteiger partial charge in [-0.25, -0.2) is 0 Å². The summed E-state index contributed by atoms with van der Waals surface area (Å²) in [5, 5.41) is 2.65. The second-order valence-electron chi connectivity index (χ2n) is 5.87. The van der Waals surface area contributed by atoms with Crippen molar-refractivity contribution in [3.8, 4) is 0 Å². The molecule has 0 bridgehead atoms. The lowest BCUT2D eigenvalue weighted by atomic mass is 10.0. The molecule has 19 heavy (non-hydrogen) atoms. The number of carbonyl (C=O) groups excluding carboxylic acids is 2. The van der Waals surface area contributed by atoms with Gasteiger partial charge in [0.15, 0.2) is 0 Å². The fourth-order valence-electron chi connectivity index (χ4n) is 3.78. The summed E-state index contributed by atoms with van der Waals surface area (Å²) in [6.07, 6.45) is 4.07. The van der Waals surface area contributed by atoms with Crippen molar-refractivity contribution in [3.05, 3.63) is 23.8 Å². The molecule has 2 fully saturated rings. The van der Waals surface area contributed by atoms with Gasteiger partial charge in [-0.2, -0.15) is 0 Å². The fourth-order valence-corrected chi connectivity index (χ4v) is 3.78. The molecule has 2 heterocycles. The normalized spacial score (nSPS) is 28.5. The summed E-state index contributed by atoms with van der Waals surface area (Å²) in [6.45, 7) is 2.23. The van der Waals surface area contributed by atoms with Gasteiger partial charge in [-0.15, -0.1) is 0 Å². The Morgan fingerprint density at radius 3 is 2.58 bits per heavy atom. The van der Waals surface area contributed by atoms with Crippen molar-refractivity contribution < 1.29 is 9.59 Å². The molecule has 0 spiro atoms. The predicted octanol–water partition coefficient (Wildman–Crippen LogP) is 2.06. The molecule has 3 aliphatic rings. The van der Waals surface area contributed by atoms with Gasteiger partial charge >= 0.3 is 0 Å². The molecule has 1 aliphatic carbocycles. The number of nitrogens with one attached hydrogen (secondary N) is 1. The van der Waals surface area contributed by atoms with E-state index in [1.807, 2.05) is 12.1 Å². The minimum atomic E-state index is -0.509. The smallest absolute Gasteiger partial charge is 0.296 e. The lowest BCUT2D eigenvalue weighted by Crippen LogP contribution is -2.20. The standard InChI is InChI=1S/C15H16N2O2/c18-14-12-5-4-11(6-13(12)16-15(14)19)17-7-9-2-1-3-10(9)8-17/h4-6,9-10H,1-3,7-8H2,(H,16,18,19). The number of hydrogen-bond acceptors (Lipinski definition) is 3. The Balaban J connectivity index is 1.62. The first-order chi connectivity index (χ1) is 9.22. The molecular weight excluding hydrogens is 240 g/mol. The zero-order chi connectivity index (χ0) is 13.0. The Hall–Kier alpha value is -1.84. The highest BCUT2D eigenvalue weighted by atomic mass is 16.2. The van der Waals surface area contributed by atoms with Gasteiger partial charge < -0.3 is 10.2 Å². The number of amides is 1. The molecule has 0 aromatic heterocycles. The summed E-state index contributed by atoms with van der Waals surface area (Å²) in [6, 6.07) is 5.69. The Morgan fingerprint density at radius 2 is 1.84 bits per heavy atom. The molecule has 2 aliphatic heterocycles. The van der Waals surface area contributed by atoms with Gasteiger partial charge in [0.1, 0.15) is 0 Å². The second kappa shape index (κ2) is 3.83. The first-order valence-corrected chi connectivity index (χ1v) is 6.97. The number of rotatable bonds is 1. The summed E-state index contributed by atoms with van der Waals surface area (Å²) in [7, 11) is 0. The zero-order valence-corrected chi connectivity index (χ0v) is 10.7. The van der Waals surface area contributed by atoms with Crippen molar-refractivity contribution in [2.24, 2.45) is 11.8 Å². The van der Waals surface area contributed by atoms with Gasteiger partial charge in [0.25, 0.3) is 11.7 Å². The molecule has 98 valence electrons. The van der Waals surface area contributed by atoms with Gasteiger partial charge in [-0.05, 0) is 42.9 Å². The van der Waals surface area contributed by atoms with Gasteiger partial charge in [0.05, 0.1) is 11.3 Å². The van der Waals surface area contributed by atoms with E-state index >= 15 is 0 Å². The SMILES string of the molecule is O=C1Nc2cc(N3CC4CCCC4C3)ccc2C1=O. The summed E-state index contributed by atoms with van der Waals surface area (Å²) in [5.41, 5.74) is 2.31. The van der Waals surface area contributed by atoms with E-state index in [9.17, 15) is 9.59 Å². The van der Waals surface area contributed by atoms with Crippen LogP contribution in [0.4, 0.5) is 11.4 Å². The number of fused-ring (bicyclic) bond motifs is 2. The number of ketones is 1. The Bertz CT molecular complexity index is 570. The van der Waals surface area contributed by atoms with Crippen molar-refractivity contribution in [2.75, 3.05) is 23.3 Å². The van der Waals surface area contributed by atoms with Crippen LogP contribution in [0.5, 0.6) is 0 Å². The van der Waals surface area contributed by atoms with Crippen LogP contribution in [-0.4, -0.2) is 24.8 Å². The molecule has 4 heteroatoms. The molecule has 2 atom stereocenters. The van der Waals surface area contributed by atoms with Crippen molar-refractivity contribution in [1.29, 1.82) is 0 Å². The van der Waals surface area contributed by atoms with Crippen LogP contribution >= 0.6 is 0 Å². The van der Waals surface area contributed by atoms with Gasteiger partial charge in [0.2, 0.25) is 0 Å². The summed E-state index contributed by atoms with van der Waals surface area (Å²) in [5.74, 6) is 0.749. The number of carbonyl (C=O) groups is 2. The number of nitrogens with zero attached hydrogens (tertiary/aromatic N) is 1. The van der Waals surface area contributed by atoms with E-state index in [0.29, 0.717) is 11.3 Å². The third-order valence-electron chi connectivity index (χ3n) is 4.79. The van der Waals surface area contributed by atoms with Crippen molar-refractivity contribution in [3.63, 3.8) is 0 Å². The average Bonchev–Trinajstić information content (AvgIpc) is 3.04. The van der Waals surface area contributed by atoms with Crippen LogP contribution in [0.1, 0.15) is 29.6 Å². The molecule has 4 rings (SSSR count). The van der Waals surface area contributed by atoms with E-state index in [1.165, 1.54) is 19.3 Å². The Morgan fingerprint density at radius 1 is 1.11 bits per heavy atom. The number of hydrogen-bond donors (Lipinski definition) is 1.